The van der Waals surface area contributed by atoms with E-state index in [0.717, 1.165) is 24.9 Å². The first kappa shape index (κ1) is 12.1. The molecule has 1 fully saturated rings. The zero-order chi connectivity index (χ0) is 12.3. The predicted molar refractivity (Wildman–Crippen MR) is 63.9 cm³/mol. The van der Waals surface area contributed by atoms with Gasteiger partial charge in [-0.2, -0.15) is 0 Å². The van der Waals surface area contributed by atoms with Crippen LogP contribution >= 0.6 is 0 Å². The second kappa shape index (κ2) is 5.29. The Balaban J connectivity index is 2.10. The summed E-state index contributed by atoms with van der Waals surface area (Å²) in [5, 5.41) is 18.7. The fourth-order valence-corrected chi connectivity index (χ4v) is 2.28. The number of β-amino-alcohol motifs (C(OH)–C–C–N with tert-alkyl or cyclic N) is 1. The molecule has 0 saturated carbocycles. The summed E-state index contributed by atoms with van der Waals surface area (Å²) in [7, 11) is 0. The number of rotatable bonds is 3. The van der Waals surface area contributed by atoms with Gasteiger partial charge in [-0.15, -0.1) is 0 Å². The van der Waals surface area contributed by atoms with Crippen LogP contribution in [0.3, 0.4) is 0 Å². The number of aliphatic hydroxyl groups is 1. The van der Waals surface area contributed by atoms with Crippen molar-refractivity contribution in [2.24, 2.45) is 0 Å². The molecule has 1 aliphatic rings. The fourth-order valence-electron chi connectivity index (χ4n) is 2.28. The average molecular weight is 235 g/mol. The molecule has 17 heavy (non-hydrogen) atoms. The number of aromatic carboxylic acids is 1. The number of piperidine rings is 1. The minimum atomic E-state index is -0.891. The van der Waals surface area contributed by atoms with E-state index >= 15 is 0 Å². The van der Waals surface area contributed by atoms with Gasteiger partial charge in [0.1, 0.15) is 0 Å². The molecular weight excluding hydrogens is 218 g/mol. The van der Waals surface area contributed by atoms with E-state index in [2.05, 4.69) is 4.90 Å². The number of nitrogens with zero attached hydrogens (tertiary/aromatic N) is 1. The number of likely N-dealkylation sites (tertiary alicyclic amines) is 1. The maximum atomic E-state index is 11.1. The van der Waals surface area contributed by atoms with Crippen LogP contribution < -0.4 is 0 Å². The Hall–Kier alpha value is -1.39. The maximum absolute atomic E-state index is 11.1. The molecule has 0 bridgehead atoms. The average Bonchev–Trinajstić information content (AvgIpc) is 2.29. The SMILES string of the molecule is O=C(O)c1ccccc1CN1CCCC(O)C1. The quantitative estimate of drug-likeness (QED) is 0.830. The Morgan fingerprint density at radius 1 is 1.41 bits per heavy atom. The normalized spacial score (nSPS) is 21.4. The monoisotopic (exact) mass is 235 g/mol. The Kier molecular flexibility index (Phi) is 3.76. The van der Waals surface area contributed by atoms with Crippen LogP contribution in [0.25, 0.3) is 0 Å². The van der Waals surface area contributed by atoms with E-state index in [0.29, 0.717) is 18.7 Å². The lowest BCUT2D eigenvalue weighted by molar-refractivity contribution is 0.0649. The summed E-state index contributed by atoms with van der Waals surface area (Å²) in [6.45, 7) is 2.15. The van der Waals surface area contributed by atoms with Crippen molar-refractivity contribution in [1.29, 1.82) is 0 Å². The summed E-state index contributed by atoms with van der Waals surface area (Å²) >= 11 is 0. The molecule has 2 N–H and O–H groups in total. The summed E-state index contributed by atoms with van der Waals surface area (Å²) < 4.78 is 0. The number of hydrogen-bond donors (Lipinski definition) is 2. The third-order valence-corrected chi connectivity index (χ3v) is 3.12. The summed E-state index contributed by atoms with van der Waals surface area (Å²) in [5.74, 6) is -0.891. The molecule has 0 aliphatic carbocycles. The first-order valence-electron chi connectivity index (χ1n) is 5.88. The lowest BCUT2D eigenvalue weighted by atomic mass is 10.0. The molecule has 0 aromatic heterocycles. The summed E-state index contributed by atoms with van der Waals surface area (Å²) in [5.41, 5.74) is 1.17. The van der Waals surface area contributed by atoms with Crippen LogP contribution in [0.1, 0.15) is 28.8 Å². The highest BCUT2D eigenvalue weighted by Gasteiger charge is 2.19. The number of benzene rings is 1. The van der Waals surface area contributed by atoms with Crippen LogP contribution in [-0.2, 0) is 6.54 Å². The standard InChI is InChI=1S/C13H17NO3/c15-11-5-3-7-14(9-11)8-10-4-1-2-6-12(10)13(16)17/h1-2,4,6,11,15H,3,5,7-9H2,(H,16,17). The summed E-state index contributed by atoms with van der Waals surface area (Å²) in [6.07, 6.45) is 1.54. The number of carboxylic acids is 1. The number of aliphatic hydroxyl groups excluding tert-OH is 1. The van der Waals surface area contributed by atoms with E-state index < -0.39 is 5.97 Å². The minimum absolute atomic E-state index is 0.277. The molecule has 0 radical (unpaired) electrons. The van der Waals surface area contributed by atoms with Crippen molar-refractivity contribution in [2.45, 2.75) is 25.5 Å². The Morgan fingerprint density at radius 3 is 2.88 bits per heavy atom. The van der Waals surface area contributed by atoms with Crippen LogP contribution in [0.4, 0.5) is 0 Å². The highest BCUT2D eigenvalue weighted by atomic mass is 16.4. The van der Waals surface area contributed by atoms with Crippen molar-refractivity contribution in [3.05, 3.63) is 35.4 Å². The lowest BCUT2D eigenvalue weighted by Gasteiger charge is -2.30. The molecule has 1 saturated heterocycles. The largest absolute Gasteiger partial charge is 0.478 e. The molecule has 1 atom stereocenters. The number of carbonyl (C=O) groups is 1. The molecule has 4 heteroatoms. The van der Waals surface area contributed by atoms with Gasteiger partial charge in [-0.3, -0.25) is 4.90 Å². The Bertz CT molecular complexity index is 405. The van der Waals surface area contributed by atoms with E-state index in [1.54, 1.807) is 12.1 Å². The van der Waals surface area contributed by atoms with Gasteiger partial charge in [0, 0.05) is 13.1 Å². The summed E-state index contributed by atoms with van der Waals surface area (Å²) in [4.78, 5) is 13.2. The highest BCUT2D eigenvalue weighted by molar-refractivity contribution is 5.89. The van der Waals surface area contributed by atoms with Crippen molar-refractivity contribution in [3.8, 4) is 0 Å². The molecule has 1 heterocycles. The molecule has 92 valence electrons. The third kappa shape index (κ3) is 3.05. The Morgan fingerprint density at radius 2 is 2.18 bits per heavy atom. The zero-order valence-electron chi connectivity index (χ0n) is 9.67. The molecule has 0 amide bonds. The van der Waals surface area contributed by atoms with Gasteiger partial charge in [0.15, 0.2) is 0 Å². The molecule has 1 aromatic carbocycles. The molecule has 1 aromatic rings. The third-order valence-electron chi connectivity index (χ3n) is 3.12. The van der Waals surface area contributed by atoms with Gasteiger partial charge in [0.05, 0.1) is 11.7 Å². The van der Waals surface area contributed by atoms with E-state index in [4.69, 9.17) is 5.11 Å². The Labute approximate surface area is 100 Å². The minimum Gasteiger partial charge on any atom is -0.478 e. The molecule has 2 rings (SSSR count). The molecule has 1 unspecified atom stereocenters. The van der Waals surface area contributed by atoms with Crippen molar-refractivity contribution < 1.29 is 15.0 Å². The van der Waals surface area contributed by atoms with E-state index in [-0.39, 0.29) is 6.10 Å². The maximum Gasteiger partial charge on any atom is 0.336 e. The first-order chi connectivity index (χ1) is 8.16. The smallest absolute Gasteiger partial charge is 0.336 e. The number of carboxylic acid groups (broad SMARTS) is 1. The summed E-state index contributed by atoms with van der Waals surface area (Å²) in [6, 6.07) is 7.04. The van der Waals surface area contributed by atoms with Crippen molar-refractivity contribution in [1.82, 2.24) is 4.90 Å². The van der Waals surface area contributed by atoms with Crippen molar-refractivity contribution in [3.63, 3.8) is 0 Å². The van der Waals surface area contributed by atoms with Gasteiger partial charge in [-0.1, -0.05) is 18.2 Å². The van der Waals surface area contributed by atoms with Crippen LogP contribution in [0, 0.1) is 0 Å². The zero-order valence-corrected chi connectivity index (χ0v) is 9.67. The second-order valence-electron chi connectivity index (χ2n) is 4.49. The molecule has 0 spiro atoms. The highest BCUT2D eigenvalue weighted by Crippen LogP contribution is 2.16. The molecule has 1 aliphatic heterocycles. The van der Waals surface area contributed by atoms with Crippen LogP contribution in [0.5, 0.6) is 0 Å². The van der Waals surface area contributed by atoms with Crippen LogP contribution in [0.2, 0.25) is 0 Å². The molecular formula is C13H17NO3. The van der Waals surface area contributed by atoms with Crippen LogP contribution in [0.15, 0.2) is 24.3 Å². The first-order valence-corrected chi connectivity index (χ1v) is 5.88. The molecule has 4 nitrogen and oxygen atoms in total. The van der Waals surface area contributed by atoms with Gasteiger partial charge >= 0.3 is 5.97 Å². The van der Waals surface area contributed by atoms with E-state index in [1.807, 2.05) is 12.1 Å². The predicted octanol–water partition coefficient (Wildman–Crippen LogP) is 1.34. The number of hydrogen-bond acceptors (Lipinski definition) is 3. The van der Waals surface area contributed by atoms with Gasteiger partial charge in [0.25, 0.3) is 0 Å². The topological polar surface area (TPSA) is 60.8 Å². The van der Waals surface area contributed by atoms with Gasteiger partial charge < -0.3 is 10.2 Å². The van der Waals surface area contributed by atoms with Gasteiger partial charge in [-0.25, -0.2) is 4.79 Å². The van der Waals surface area contributed by atoms with Gasteiger partial charge in [0.2, 0.25) is 0 Å². The van der Waals surface area contributed by atoms with Gasteiger partial charge in [-0.05, 0) is 31.0 Å². The van der Waals surface area contributed by atoms with E-state index in [9.17, 15) is 9.90 Å². The van der Waals surface area contributed by atoms with Crippen molar-refractivity contribution >= 4 is 5.97 Å². The van der Waals surface area contributed by atoms with E-state index in [1.165, 1.54) is 0 Å². The fraction of sp³-hybridized carbons (Fsp3) is 0.462. The second-order valence-corrected chi connectivity index (χ2v) is 4.49. The van der Waals surface area contributed by atoms with Crippen molar-refractivity contribution in [2.75, 3.05) is 13.1 Å². The van der Waals surface area contributed by atoms with Crippen LogP contribution in [-0.4, -0.2) is 40.3 Å². The lowest BCUT2D eigenvalue weighted by Crippen LogP contribution is -2.37.